The quantitative estimate of drug-likeness (QED) is 0.730. The van der Waals surface area contributed by atoms with Crippen LogP contribution in [-0.2, 0) is 4.74 Å². The molecule has 3 heteroatoms. The zero-order valence-corrected chi connectivity index (χ0v) is 10.4. The molecule has 15 heavy (non-hydrogen) atoms. The van der Waals surface area contributed by atoms with Crippen LogP contribution in [0.25, 0.3) is 0 Å². The number of ether oxygens (including phenoxy) is 1. The van der Waals surface area contributed by atoms with Crippen molar-refractivity contribution in [3.63, 3.8) is 0 Å². The molecule has 1 aliphatic heterocycles. The molecule has 3 unspecified atom stereocenters. The molecule has 1 fully saturated rings. The van der Waals surface area contributed by atoms with Gasteiger partial charge in [0.05, 0.1) is 12.2 Å². The highest BCUT2D eigenvalue weighted by atomic mass is 16.5. The molecule has 1 saturated heterocycles. The van der Waals surface area contributed by atoms with Gasteiger partial charge in [-0.15, -0.1) is 0 Å². The number of nitrogens with two attached hydrogens (primary N) is 1. The van der Waals surface area contributed by atoms with Crippen molar-refractivity contribution in [1.29, 1.82) is 0 Å². The van der Waals surface area contributed by atoms with E-state index in [0.717, 1.165) is 19.5 Å². The number of nitrogens with zero attached hydrogens (tertiary/aromatic N) is 1. The minimum atomic E-state index is 0.311. The molecule has 0 spiro atoms. The Morgan fingerprint density at radius 1 is 1.33 bits per heavy atom. The number of hydrogen-bond donors (Lipinski definition) is 1. The van der Waals surface area contributed by atoms with Crippen LogP contribution in [0.15, 0.2) is 0 Å². The van der Waals surface area contributed by atoms with Crippen LogP contribution in [0.3, 0.4) is 0 Å². The van der Waals surface area contributed by atoms with Gasteiger partial charge >= 0.3 is 0 Å². The van der Waals surface area contributed by atoms with Crippen LogP contribution in [0.2, 0.25) is 0 Å². The molecule has 0 aromatic heterocycles. The molecule has 0 aliphatic carbocycles. The minimum absolute atomic E-state index is 0.311. The molecule has 1 rings (SSSR count). The summed E-state index contributed by atoms with van der Waals surface area (Å²) in [5, 5.41) is 0. The van der Waals surface area contributed by atoms with E-state index >= 15 is 0 Å². The fourth-order valence-electron chi connectivity index (χ4n) is 2.23. The predicted octanol–water partition coefficient (Wildman–Crippen LogP) is 1.61. The van der Waals surface area contributed by atoms with E-state index in [1.807, 2.05) is 0 Å². The van der Waals surface area contributed by atoms with E-state index < -0.39 is 0 Å². The van der Waals surface area contributed by atoms with Gasteiger partial charge in [-0.1, -0.05) is 13.8 Å². The molecule has 2 N–H and O–H groups in total. The fourth-order valence-corrected chi connectivity index (χ4v) is 2.23. The maximum absolute atomic E-state index is 5.87. The molecule has 3 nitrogen and oxygen atoms in total. The van der Waals surface area contributed by atoms with Gasteiger partial charge in [0.25, 0.3) is 0 Å². The van der Waals surface area contributed by atoms with E-state index in [9.17, 15) is 0 Å². The Morgan fingerprint density at radius 2 is 2.00 bits per heavy atom. The Labute approximate surface area is 94.0 Å². The van der Waals surface area contributed by atoms with Crippen LogP contribution in [0.4, 0.5) is 0 Å². The van der Waals surface area contributed by atoms with E-state index in [2.05, 4.69) is 25.7 Å². The lowest BCUT2D eigenvalue weighted by Crippen LogP contribution is -2.39. The van der Waals surface area contributed by atoms with E-state index in [-0.39, 0.29) is 0 Å². The van der Waals surface area contributed by atoms with Gasteiger partial charge in [-0.25, -0.2) is 0 Å². The molecule has 0 aromatic rings. The molecular weight excluding hydrogens is 188 g/mol. The molecule has 0 amide bonds. The first-order valence-electron chi connectivity index (χ1n) is 6.30. The summed E-state index contributed by atoms with van der Waals surface area (Å²) in [6, 6.07) is 0.663. The average Bonchev–Trinajstić information content (AvgIpc) is 2.72. The lowest BCUT2D eigenvalue weighted by atomic mass is 10.1. The maximum atomic E-state index is 5.87. The van der Waals surface area contributed by atoms with Crippen molar-refractivity contribution in [3.8, 4) is 0 Å². The first kappa shape index (κ1) is 12.9. The molecule has 1 aliphatic rings. The SMILES string of the molecule is CCC(C)N(CC)CC1CCC(CN)O1. The summed E-state index contributed by atoms with van der Waals surface area (Å²) >= 11 is 0. The largest absolute Gasteiger partial charge is 0.372 e. The Morgan fingerprint density at radius 3 is 2.47 bits per heavy atom. The first-order valence-corrected chi connectivity index (χ1v) is 6.30. The zero-order chi connectivity index (χ0) is 11.3. The van der Waals surface area contributed by atoms with Crippen molar-refractivity contribution in [2.75, 3.05) is 19.6 Å². The lowest BCUT2D eigenvalue weighted by molar-refractivity contribution is 0.0201. The fraction of sp³-hybridized carbons (Fsp3) is 1.00. The van der Waals surface area contributed by atoms with Crippen molar-refractivity contribution in [3.05, 3.63) is 0 Å². The summed E-state index contributed by atoms with van der Waals surface area (Å²) in [4.78, 5) is 2.50. The zero-order valence-electron chi connectivity index (χ0n) is 10.4. The topological polar surface area (TPSA) is 38.5 Å². The minimum Gasteiger partial charge on any atom is -0.372 e. The molecule has 0 saturated carbocycles. The van der Waals surface area contributed by atoms with Crippen LogP contribution < -0.4 is 5.73 Å². The van der Waals surface area contributed by atoms with Crippen LogP contribution in [0, 0.1) is 0 Å². The monoisotopic (exact) mass is 214 g/mol. The Balaban J connectivity index is 2.33. The number of hydrogen-bond acceptors (Lipinski definition) is 3. The van der Waals surface area contributed by atoms with Gasteiger partial charge in [0.2, 0.25) is 0 Å². The smallest absolute Gasteiger partial charge is 0.0707 e. The van der Waals surface area contributed by atoms with Gasteiger partial charge in [0.15, 0.2) is 0 Å². The van der Waals surface area contributed by atoms with Crippen molar-refractivity contribution < 1.29 is 4.74 Å². The Kier molecular flexibility index (Phi) is 5.58. The number of rotatable bonds is 6. The van der Waals surface area contributed by atoms with E-state index in [4.69, 9.17) is 10.5 Å². The number of likely N-dealkylation sites (N-methyl/N-ethyl adjacent to an activating group) is 1. The molecule has 0 bridgehead atoms. The highest BCUT2D eigenvalue weighted by molar-refractivity contribution is 4.78. The molecule has 90 valence electrons. The van der Waals surface area contributed by atoms with Gasteiger partial charge in [-0.3, -0.25) is 4.90 Å². The predicted molar refractivity (Wildman–Crippen MR) is 63.9 cm³/mol. The third kappa shape index (κ3) is 3.74. The van der Waals surface area contributed by atoms with Crippen molar-refractivity contribution in [2.45, 2.75) is 58.3 Å². The molecule has 1 heterocycles. The first-order chi connectivity index (χ1) is 7.21. The van der Waals surface area contributed by atoms with E-state index in [1.54, 1.807) is 0 Å². The van der Waals surface area contributed by atoms with Crippen LogP contribution >= 0.6 is 0 Å². The molecule has 3 atom stereocenters. The summed E-state index contributed by atoms with van der Waals surface area (Å²) in [6.45, 7) is 9.61. The van der Waals surface area contributed by atoms with Crippen LogP contribution in [-0.4, -0.2) is 42.8 Å². The molecule has 0 radical (unpaired) electrons. The van der Waals surface area contributed by atoms with Gasteiger partial charge < -0.3 is 10.5 Å². The van der Waals surface area contributed by atoms with E-state index in [0.29, 0.717) is 24.8 Å². The standard InChI is InChI=1S/C12H26N2O/c1-4-10(3)14(5-2)9-12-7-6-11(8-13)15-12/h10-12H,4-9,13H2,1-3H3. The molecular formula is C12H26N2O. The third-order valence-corrected chi connectivity index (χ3v) is 3.52. The third-order valence-electron chi connectivity index (χ3n) is 3.52. The summed E-state index contributed by atoms with van der Waals surface area (Å²) in [7, 11) is 0. The normalized spacial score (nSPS) is 28.6. The second-order valence-corrected chi connectivity index (χ2v) is 4.54. The maximum Gasteiger partial charge on any atom is 0.0707 e. The summed E-state index contributed by atoms with van der Waals surface area (Å²) in [5.41, 5.74) is 5.61. The van der Waals surface area contributed by atoms with Gasteiger partial charge in [0.1, 0.15) is 0 Å². The average molecular weight is 214 g/mol. The second kappa shape index (κ2) is 6.46. The Hall–Kier alpha value is -0.120. The highest BCUT2D eigenvalue weighted by Crippen LogP contribution is 2.20. The van der Waals surface area contributed by atoms with Gasteiger partial charge in [0, 0.05) is 19.1 Å². The Bertz CT molecular complexity index is 175. The summed E-state index contributed by atoms with van der Waals surface area (Å²) < 4.78 is 5.87. The van der Waals surface area contributed by atoms with Crippen molar-refractivity contribution >= 4 is 0 Å². The van der Waals surface area contributed by atoms with Crippen LogP contribution in [0.5, 0.6) is 0 Å². The van der Waals surface area contributed by atoms with E-state index in [1.165, 1.54) is 12.8 Å². The summed E-state index contributed by atoms with van der Waals surface area (Å²) in [6.07, 6.45) is 4.24. The van der Waals surface area contributed by atoms with Gasteiger partial charge in [-0.05, 0) is 32.7 Å². The van der Waals surface area contributed by atoms with Gasteiger partial charge in [-0.2, -0.15) is 0 Å². The van der Waals surface area contributed by atoms with Crippen molar-refractivity contribution in [1.82, 2.24) is 4.90 Å². The lowest BCUT2D eigenvalue weighted by Gasteiger charge is -2.29. The second-order valence-electron chi connectivity index (χ2n) is 4.54. The molecule has 0 aromatic carbocycles. The highest BCUT2D eigenvalue weighted by Gasteiger charge is 2.26. The van der Waals surface area contributed by atoms with Crippen LogP contribution in [0.1, 0.15) is 40.0 Å². The summed E-state index contributed by atoms with van der Waals surface area (Å²) in [5.74, 6) is 0. The van der Waals surface area contributed by atoms with Crippen molar-refractivity contribution in [2.24, 2.45) is 5.73 Å².